The molecule has 1 aliphatic rings. The second-order valence-corrected chi connectivity index (χ2v) is 9.55. The van der Waals surface area contributed by atoms with Gasteiger partial charge in [0.25, 0.3) is 0 Å². The van der Waals surface area contributed by atoms with Crippen molar-refractivity contribution in [1.82, 2.24) is 0 Å². The summed E-state index contributed by atoms with van der Waals surface area (Å²) < 4.78 is 1.21. The fraction of sp³-hybridized carbons (Fsp3) is 0.500. The topological polar surface area (TPSA) is 17.1 Å². The predicted molar refractivity (Wildman–Crippen MR) is 107 cm³/mol. The number of rotatable bonds is 4. The molecule has 0 aliphatic heterocycles. The molecule has 0 amide bonds. The lowest BCUT2D eigenvalue weighted by molar-refractivity contribution is -0.115. The van der Waals surface area contributed by atoms with E-state index < -0.39 is 0 Å². The van der Waals surface area contributed by atoms with Crippen LogP contribution >= 0.6 is 15.9 Å². The summed E-state index contributed by atoms with van der Waals surface area (Å²) in [5.41, 5.74) is 4.97. The Morgan fingerprint density at radius 1 is 1.04 bits per heavy atom. The van der Waals surface area contributed by atoms with Crippen molar-refractivity contribution < 1.29 is 4.79 Å². The first-order chi connectivity index (χ1) is 11.0. The molecule has 1 aromatic rings. The van der Waals surface area contributed by atoms with Crippen LogP contribution in [-0.4, -0.2) is 5.78 Å². The summed E-state index contributed by atoms with van der Waals surface area (Å²) in [6.07, 6.45) is 8.15. The molecule has 0 saturated carbocycles. The number of allylic oxidation sites excluding steroid dienone is 4. The smallest absolute Gasteiger partial charge is 0.159 e. The number of benzene rings is 1. The van der Waals surface area contributed by atoms with E-state index in [2.05, 4.69) is 69.6 Å². The molecule has 0 heterocycles. The molecule has 0 fully saturated rings. The molecule has 0 unspecified atom stereocenters. The average Bonchev–Trinajstić information content (AvgIpc) is 2.97. The van der Waals surface area contributed by atoms with Crippen molar-refractivity contribution in [3.8, 4) is 0 Å². The van der Waals surface area contributed by atoms with Crippen molar-refractivity contribution in [1.29, 1.82) is 0 Å². The molecule has 0 saturated heterocycles. The Morgan fingerprint density at radius 2 is 1.58 bits per heavy atom. The zero-order valence-corrected chi connectivity index (χ0v) is 17.4. The molecule has 0 aromatic heterocycles. The molecule has 1 nitrogen and oxygen atoms in total. The van der Waals surface area contributed by atoms with Crippen LogP contribution in [0.15, 0.2) is 40.4 Å². The number of hydrogen-bond donors (Lipinski definition) is 0. The van der Waals surface area contributed by atoms with Crippen LogP contribution in [0.25, 0.3) is 0 Å². The van der Waals surface area contributed by atoms with Gasteiger partial charge in [-0.1, -0.05) is 87.8 Å². The second-order valence-electron chi connectivity index (χ2n) is 8.75. The number of aryl methyl sites for hydroxylation is 1. The van der Waals surface area contributed by atoms with Crippen LogP contribution in [0, 0.1) is 0 Å². The molecule has 0 radical (unpaired) electrons. The standard InChI is InChI=1S/C22H29BrO/c1-21(2,3)17-13-15(14-18(20(17)23)22(4,5)6)11-12-19(24)16-9-7-8-10-16/h7-9,13-14H,10-12H2,1-6H3. The Hall–Kier alpha value is -1.15. The first kappa shape index (κ1) is 19.2. The van der Waals surface area contributed by atoms with Crippen LogP contribution in [-0.2, 0) is 22.0 Å². The van der Waals surface area contributed by atoms with Gasteiger partial charge in [-0.3, -0.25) is 4.79 Å². The highest BCUT2D eigenvalue weighted by Gasteiger charge is 2.25. The minimum atomic E-state index is 0.0662. The molecule has 0 spiro atoms. The highest BCUT2D eigenvalue weighted by molar-refractivity contribution is 9.10. The van der Waals surface area contributed by atoms with Crippen molar-refractivity contribution in [2.45, 2.75) is 71.6 Å². The molecular weight excluding hydrogens is 360 g/mol. The van der Waals surface area contributed by atoms with E-state index in [0.717, 1.165) is 18.4 Å². The van der Waals surface area contributed by atoms with Gasteiger partial charge >= 0.3 is 0 Å². The minimum absolute atomic E-state index is 0.0662. The van der Waals surface area contributed by atoms with E-state index in [0.29, 0.717) is 6.42 Å². The van der Waals surface area contributed by atoms with Crippen molar-refractivity contribution in [2.75, 3.05) is 0 Å². The van der Waals surface area contributed by atoms with Gasteiger partial charge in [0.15, 0.2) is 5.78 Å². The van der Waals surface area contributed by atoms with Gasteiger partial charge in [-0.25, -0.2) is 0 Å². The summed E-state index contributed by atoms with van der Waals surface area (Å²) in [4.78, 5) is 12.3. The number of carbonyl (C=O) groups is 1. The third-order valence-electron chi connectivity index (χ3n) is 4.52. The Labute approximate surface area is 155 Å². The van der Waals surface area contributed by atoms with Gasteiger partial charge in [0.2, 0.25) is 0 Å². The SMILES string of the molecule is CC(C)(C)c1cc(CCC(=O)C2=CC=CC2)cc(C(C)(C)C)c1Br. The number of hydrogen-bond acceptors (Lipinski definition) is 1. The molecule has 1 aromatic carbocycles. The van der Waals surface area contributed by atoms with Crippen LogP contribution in [0.2, 0.25) is 0 Å². The van der Waals surface area contributed by atoms with Crippen LogP contribution in [0.4, 0.5) is 0 Å². The summed E-state index contributed by atoms with van der Waals surface area (Å²) in [6, 6.07) is 4.54. The number of Topliss-reactive ketones (excluding diaryl/α,β-unsaturated/α-hetero) is 1. The lowest BCUT2D eigenvalue weighted by Crippen LogP contribution is -2.19. The first-order valence-electron chi connectivity index (χ1n) is 8.72. The normalized spacial score (nSPS) is 14.9. The maximum absolute atomic E-state index is 12.3. The van der Waals surface area contributed by atoms with Gasteiger partial charge in [-0.05, 0) is 45.9 Å². The van der Waals surface area contributed by atoms with Gasteiger partial charge in [0, 0.05) is 10.9 Å². The van der Waals surface area contributed by atoms with E-state index >= 15 is 0 Å². The monoisotopic (exact) mass is 388 g/mol. The fourth-order valence-electron chi connectivity index (χ4n) is 2.99. The Kier molecular flexibility index (Phi) is 5.59. The van der Waals surface area contributed by atoms with Crippen molar-refractivity contribution in [2.24, 2.45) is 0 Å². The van der Waals surface area contributed by atoms with Gasteiger partial charge in [-0.15, -0.1) is 0 Å². The Morgan fingerprint density at radius 3 is 2.00 bits per heavy atom. The lowest BCUT2D eigenvalue weighted by atomic mass is 9.79. The zero-order valence-electron chi connectivity index (χ0n) is 15.8. The highest BCUT2D eigenvalue weighted by Crippen LogP contribution is 2.38. The summed E-state index contributed by atoms with van der Waals surface area (Å²) in [6.45, 7) is 13.4. The minimum Gasteiger partial charge on any atom is -0.295 e. The summed E-state index contributed by atoms with van der Waals surface area (Å²) in [5, 5.41) is 0. The van der Waals surface area contributed by atoms with E-state index in [9.17, 15) is 4.79 Å². The average molecular weight is 389 g/mol. The molecular formula is C22H29BrO. The summed E-state index contributed by atoms with van der Waals surface area (Å²) in [5.74, 6) is 0.275. The van der Waals surface area contributed by atoms with Gasteiger partial charge in [-0.2, -0.15) is 0 Å². The fourth-order valence-corrected chi connectivity index (χ4v) is 4.41. The van der Waals surface area contributed by atoms with Crippen LogP contribution in [0.3, 0.4) is 0 Å². The van der Waals surface area contributed by atoms with Crippen molar-refractivity contribution in [3.63, 3.8) is 0 Å². The van der Waals surface area contributed by atoms with Crippen LogP contribution in [0.1, 0.15) is 71.1 Å². The number of ketones is 1. The number of carbonyl (C=O) groups excluding carboxylic acids is 1. The Bertz CT molecular complexity index is 659. The summed E-state index contributed by atoms with van der Waals surface area (Å²) >= 11 is 3.84. The molecule has 2 rings (SSSR count). The van der Waals surface area contributed by atoms with E-state index in [1.165, 1.54) is 21.2 Å². The maximum Gasteiger partial charge on any atom is 0.159 e. The molecule has 2 heteroatoms. The molecule has 0 N–H and O–H groups in total. The van der Waals surface area contributed by atoms with Gasteiger partial charge in [0.05, 0.1) is 0 Å². The van der Waals surface area contributed by atoms with Gasteiger partial charge in [0.1, 0.15) is 0 Å². The quantitative estimate of drug-likeness (QED) is 0.580. The first-order valence-corrected chi connectivity index (χ1v) is 9.52. The van der Waals surface area contributed by atoms with E-state index in [1.807, 2.05) is 18.2 Å². The highest BCUT2D eigenvalue weighted by atomic mass is 79.9. The van der Waals surface area contributed by atoms with Crippen LogP contribution in [0.5, 0.6) is 0 Å². The molecule has 130 valence electrons. The zero-order chi connectivity index (χ0) is 18.1. The maximum atomic E-state index is 12.3. The summed E-state index contributed by atoms with van der Waals surface area (Å²) in [7, 11) is 0. The van der Waals surface area contributed by atoms with E-state index in [1.54, 1.807) is 0 Å². The van der Waals surface area contributed by atoms with Crippen LogP contribution < -0.4 is 0 Å². The third-order valence-corrected chi connectivity index (χ3v) is 5.37. The molecule has 0 atom stereocenters. The van der Waals surface area contributed by atoms with E-state index in [-0.39, 0.29) is 16.6 Å². The van der Waals surface area contributed by atoms with Gasteiger partial charge < -0.3 is 0 Å². The molecule has 0 bridgehead atoms. The predicted octanol–water partition coefficient (Wildman–Crippen LogP) is 6.43. The van der Waals surface area contributed by atoms with Crippen molar-refractivity contribution in [3.05, 3.63) is 57.1 Å². The molecule has 24 heavy (non-hydrogen) atoms. The Balaban J connectivity index is 2.31. The van der Waals surface area contributed by atoms with Crippen molar-refractivity contribution >= 4 is 21.7 Å². The van der Waals surface area contributed by atoms with E-state index in [4.69, 9.17) is 0 Å². The lowest BCUT2D eigenvalue weighted by Gasteiger charge is -2.29. The second kappa shape index (κ2) is 7.00. The molecule has 1 aliphatic carbocycles. The number of halogens is 1. The largest absolute Gasteiger partial charge is 0.295 e. The third kappa shape index (κ3) is 4.47.